The molecule has 0 amide bonds. The summed E-state index contributed by atoms with van der Waals surface area (Å²) in [5.74, 6) is 1.77. The van der Waals surface area contributed by atoms with E-state index in [1.165, 1.54) is 27.7 Å². The van der Waals surface area contributed by atoms with Crippen LogP contribution in [0.1, 0.15) is 12.6 Å². The Morgan fingerprint density at radius 2 is 1.55 bits per heavy atom. The van der Waals surface area contributed by atoms with Crippen LogP contribution in [0.3, 0.4) is 0 Å². The van der Waals surface area contributed by atoms with Crippen LogP contribution in [-0.4, -0.2) is 18.8 Å². The van der Waals surface area contributed by atoms with Crippen molar-refractivity contribution in [3.8, 4) is 22.6 Å². The van der Waals surface area contributed by atoms with Crippen LogP contribution in [0, 0.1) is 6.92 Å². The van der Waals surface area contributed by atoms with E-state index in [1.54, 1.807) is 14.2 Å². The lowest BCUT2D eigenvalue weighted by Crippen LogP contribution is -1.96. The monoisotopic (exact) mass is 295 g/mol. The fraction of sp³-hybridized carbons (Fsp3) is 0.263. The third-order valence-corrected chi connectivity index (χ3v) is 4.23. The Balaban J connectivity index is 2.26. The van der Waals surface area contributed by atoms with E-state index in [2.05, 4.69) is 42.7 Å². The zero-order chi connectivity index (χ0) is 15.7. The van der Waals surface area contributed by atoms with Crippen LogP contribution in [0.15, 0.2) is 42.5 Å². The van der Waals surface area contributed by atoms with Gasteiger partial charge in [0.1, 0.15) is 11.5 Å². The minimum absolute atomic E-state index is 0.877. The zero-order valence-corrected chi connectivity index (χ0v) is 13.5. The van der Waals surface area contributed by atoms with Crippen LogP contribution in [-0.2, 0) is 6.54 Å². The molecule has 0 saturated heterocycles. The Morgan fingerprint density at radius 3 is 2.14 bits per heavy atom. The topological polar surface area (TPSA) is 23.4 Å². The fourth-order valence-electron chi connectivity index (χ4n) is 3.11. The van der Waals surface area contributed by atoms with Crippen LogP contribution in [0.4, 0.5) is 0 Å². The van der Waals surface area contributed by atoms with E-state index in [-0.39, 0.29) is 0 Å². The van der Waals surface area contributed by atoms with E-state index in [0.29, 0.717) is 0 Å². The molecule has 2 aromatic carbocycles. The predicted molar refractivity (Wildman–Crippen MR) is 90.9 cm³/mol. The van der Waals surface area contributed by atoms with Crippen LogP contribution in [0.2, 0.25) is 0 Å². The maximum Gasteiger partial charge on any atom is 0.120 e. The molecule has 1 heterocycles. The lowest BCUT2D eigenvalue weighted by Gasteiger charge is -2.06. The average molecular weight is 295 g/mol. The van der Waals surface area contributed by atoms with Crippen molar-refractivity contribution in [3.63, 3.8) is 0 Å². The molecular formula is C19H21NO2. The highest BCUT2D eigenvalue weighted by molar-refractivity contribution is 5.98. The number of nitrogens with zero attached hydrogens (tertiary/aromatic N) is 1. The van der Waals surface area contributed by atoms with Gasteiger partial charge in [0.2, 0.25) is 0 Å². The molecule has 1 aromatic heterocycles. The Hall–Kier alpha value is -2.42. The Kier molecular flexibility index (Phi) is 3.80. The third-order valence-electron chi connectivity index (χ3n) is 4.23. The van der Waals surface area contributed by atoms with E-state index < -0.39 is 0 Å². The molecule has 0 atom stereocenters. The fourth-order valence-corrected chi connectivity index (χ4v) is 3.11. The number of hydrogen-bond donors (Lipinski definition) is 0. The van der Waals surface area contributed by atoms with Crippen molar-refractivity contribution >= 4 is 10.9 Å². The molecule has 0 fully saturated rings. The summed E-state index contributed by atoms with van der Waals surface area (Å²) in [7, 11) is 3.40. The molecule has 0 aliphatic carbocycles. The number of benzene rings is 2. The second-order valence-electron chi connectivity index (χ2n) is 5.32. The van der Waals surface area contributed by atoms with Gasteiger partial charge in [-0.3, -0.25) is 0 Å². The first-order valence-corrected chi connectivity index (χ1v) is 7.50. The standard InChI is InChI=1S/C19H21NO2/c1-5-20-13(2)19(14-6-8-15(21-3)9-7-14)17-11-10-16(22-4)12-18(17)20/h6-12H,5H2,1-4H3. The highest BCUT2D eigenvalue weighted by Crippen LogP contribution is 2.36. The number of fused-ring (bicyclic) bond motifs is 1. The SMILES string of the molecule is CCn1c(C)c(-c2ccc(OC)cc2)c2ccc(OC)cc21. The highest BCUT2D eigenvalue weighted by atomic mass is 16.5. The molecule has 0 unspecified atom stereocenters. The van der Waals surface area contributed by atoms with Crippen LogP contribution < -0.4 is 9.47 Å². The Bertz CT molecular complexity index is 800. The zero-order valence-electron chi connectivity index (χ0n) is 13.5. The molecule has 0 spiro atoms. The van der Waals surface area contributed by atoms with E-state index in [1.807, 2.05) is 18.2 Å². The summed E-state index contributed by atoms with van der Waals surface area (Å²) in [4.78, 5) is 0. The van der Waals surface area contributed by atoms with Gasteiger partial charge in [0.15, 0.2) is 0 Å². The van der Waals surface area contributed by atoms with Crippen LogP contribution in [0.25, 0.3) is 22.0 Å². The number of ether oxygens (including phenoxy) is 2. The quantitative estimate of drug-likeness (QED) is 0.699. The number of aromatic nitrogens is 1. The van der Waals surface area contributed by atoms with Crippen molar-refractivity contribution in [2.24, 2.45) is 0 Å². The molecule has 0 aliphatic rings. The van der Waals surface area contributed by atoms with Crippen LogP contribution >= 0.6 is 0 Å². The lowest BCUT2D eigenvalue weighted by atomic mass is 10.0. The summed E-state index contributed by atoms with van der Waals surface area (Å²) in [5, 5.41) is 1.25. The molecule has 22 heavy (non-hydrogen) atoms. The third kappa shape index (κ3) is 2.23. The highest BCUT2D eigenvalue weighted by Gasteiger charge is 2.15. The molecule has 0 bridgehead atoms. The van der Waals surface area contributed by atoms with Crippen molar-refractivity contribution in [2.75, 3.05) is 14.2 Å². The van der Waals surface area contributed by atoms with Crippen molar-refractivity contribution in [2.45, 2.75) is 20.4 Å². The molecule has 0 radical (unpaired) electrons. The van der Waals surface area contributed by atoms with Gasteiger partial charge in [0, 0.05) is 29.3 Å². The van der Waals surface area contributed by atoms with Crippen molar-refractivity contribution in [3.05, 3.63) is 48.2 Å². The van der Waals surface area contributed by atoms with Gasteiger partial charge in [-0.1, -0.05) is 12.1 Å². The Labute approximate surface area is 131 Å². The van der Waals surface area contributed by atoms with Crippen molar-refractivity contribution in [1.29, 1.82) is 0 Å². The predicted octanol–water partition coefficient (Wildman–Crippen LogP) is 4.65. The van der Waals surface area contributed by atoms with Gasteiger partial charge < -0.3 is 14.0 Å². The smallest absolute Gasteiger partial charge is 0.120 e. The number of methoxy groups -OCH3 is 2. The minimum Gasteiger partial charge on any atom is -0.497 e. The average Bonchev–Trinajstić information content (AvgIpc) is 2.85. The number of rotatable bonds is 4. The van der Waals surface area contributed by atoms with E-state index in [4.69, 9.17) is 9.47 Å². The van der Waals surface area contributed by atoms with Crippen LogP contribution in [0.5, 0.6) is 11.5 Å². The molecule has 3 rings (SSSR count). The minimum atomic E-state index is 0.877. The van der Waals surface area contributed by atoms with Gasteiger partial charge in [-0.05, 0) is 43.7 Å². The van der Waals surface area contributed by atoms with E-state index in [0.717, 1.165) is 18.0 Å². The molecule has 114 valence electrons. The second kappa shape index (κ2) is 5.76. The second-order valence-corrected chi connectivity index (χ2v) is 5.32. The summed E-state index contributed by atoms with van der Waals surface area (Å²) in [6.07, 6.45) is 0. The maximum atomic E-state index is 5.38. The largest absolute Gasteiger partial charge is 0.497 e. The molecule has 3 aromatic rings. The van der Waals surface area contributed by atoms with Gasteiger partial charge in [0.25, 0.3) is 0 Å². The molecular weight excluding hydrogens is 274 g/mol. The van der Waals surface area contributed by atoms with Gasteiger partial charge in [-0.25, -0.2) is 0 Å². The molecule has 3 heteroatoms. The lowest BCUT2D eigenvalue weighted by molar-refractivity contribution is 0.415. The molecule has 0 saturated carbocycles. The number of hydrogen-bond acceptors (Lipinski definition) is 2. The normalized spacial score (nSPS) is 10.9. The molecule has 0 N–H and O–H groups in total. The van der Waals surface area contributed by atoms with Gasteiger partial charge in [-0.2, -0.15) is 0 Å². The first-order valence-electron chi connectivity index (χ1n) is 7.50. The summed E-state index contributed by atoms with van der Waals surface area (Å²) < 4.78 is 13.0. The summed E-state index contributed by atoms with van der Waals surface area (Å²) in [6, 6.07) is 14.5. The van der Waals surface area contributed by atoms with Gasteiger partial charge >= 0.3 is 0 Å². The van der Waals surface area contributed by atoms with Crippen molar-refractivity contribution in [1.82, 2.24) is 4.57 Å². The van der Waals surface area contributed by atoms with Gasteiger partial charge in [-0.15, -0.1) is 0 Å². The summed E-state index contributed by atoms with van der Waals surface area (Å²) in [6.45, 7) is 5.28. The van der Waals surface area contributed by atoms with E-state index >= 15 is 0 Å². The number of aryl methyl sites for hydroxylation is 1. The van der Waals surface area contributed by atoms with Gasteiger partial charge in [0.05, 0.1) is 19.7 Å². The van der Waals surface area contributed by atoms with Crippen molar-refractivity contribution < 1.29 is 9.47 Å². The Morgan fingerprint density at radius 1 is 0.909 bits per heavy atom. The molecule has 0 aliphatic heterocycles. The summed E-state index contributed by atoms with van der Waals surface area (Å²) >= 11 is 0. The van der Waals surface area contributed by atoms with E-state index in [9.17, 15) is 0 Å². The maximum absolute atomic E-state index is 5.38. The summed E-state index contributed by atoms with van der Waals surface area (Å²) in [5.41, 5.74) is 4.98. The first-order chi connectivity index (χ1) is 10.7. The first kappa shape index (κ1) is 14.5. The molecule has 3 nitrogen and oxygen atoms in total.